The monoisotopic (exact) mass is 786 g/mol. The number of benzene rings is 4. The van der Waals surface area contributed by atoms with Crippen LogP contribution in [-0.4, -0.2) is 50.7 Å². The SMILES string of the molecule is Cc1ccc(S(=O)(=O)N(Cc2ccc(/C=N\NC(=O)CN(CCc3ccccc3)S(=O)(=O)c3ccc(Cl)cc3)o2)Cc2ccc(Cl)cc2Cl)cc1. The smallest absolute Gasteiger partial charge is 0.255 e. The van der Waals surface area contributed by atoms with Gasteiger partial charge in [0.25, 0.3) is 5.91 Å². The summed E-state index contributed by atoms with van der Waals surface area (Å²) in [6.07, 6.45) is 1.61. The number of carbonyl (C=O) groups excluding carboxylic acids is 1. The molecular weight excluding hydrogens is 755 g/mol. The molecule has 5 rings (SSSR count). The molecule has 0 fully saturated rings. The molecule has 1 N–H and O–H groups in total. The number of sulfonamides is 2. The van der Waals surface area contributed by atoms with Gasteiger partial charge in [-0.05, 0) is 85.1 Å². The molecule has 0 saturated heterocycles. The average Bonchev–Trinajstić information content (AvgIpc) is 3.55. The van der Waals surface area contributed by atoms with Crippen LogP contribution < -0.4 is 5.43 Å². The first-order chi connectivity index (χ1) is 24.3. The van der Waals surface area contributed by atoms with Crippen molar-refractivity contribution < 1.29 is 26.0 Å². The minimum absolute atomic E-state index is 0.00357. The van der Waals surface area contributed by atoms with E-state index in [1.54, 1.807) is 42.5 Å². The topological polar surface area (TPSA) is 129 Å². The largest absolute Gasteiger partial charge is 0.459 e. The average molecular weight is 788 g/mol. The first-order valence-electron chi connectivity index (χ1n) is 15.5. The summed E-state index contributed by atoms with van der Waals surface area (Å²) in [6, 6.07) is 29.5. The van der Waals surface area contributed by atoms with E-state index < -0.39 is 32.5 Å². The number of rotatable bonds is 15. The molecule has 0 aliphatic carbocycles. The van der Waals surface area contributed by atoms with Gasteiger partial charge in [-0.1, -0.05) is 88.9 Å². The summed E-state index contributed by atoms with van der Waals surface area (Å²) >= 11 is 18.4. The summed E-state index contributed by atoms with van der Waals surface area (Å²) in [6.45, 7) is 1.19. The van der Waals surface area contributed by atoms with Gasteiger partial charge in [0.2, 0.25) is 20.0 Å². The molecule has 0 saturated carbocycles. The van der Waals surface area contributed by atoms with Crippen molar-refractivity contribution in [2.45, 2.75) is 36.2 Å². The van der Waals surface area contributed by atoms with Crippen LogP contribution in [0.3, 0.4) is 0 Å². The summed E-state index contributed by atoms with van der Waals surface area (Å²) in [5.74, 6) is -0.166. The Kier molecular flexibility index (Phi) is 12.7. The predicted molar refractivity (Wildman–Crippen MR) is 199 cm³/mol. The summed E-state index contributed by atoms with van der Waals surface area (Å²) < 4.78 is 62.7. The summed E-state index contributed by atoms with van der Waals surface area (Å²) in [5, 5.41) is 5.06. The van der Waals surface area contributed by atoms with E-state index in [2.05, 4.69) is 10.5 Å². The molecule has 0 aliphatic heterocycles. The summed E-state index contributed by atoms with van der Waals surface area (Å²) in [7, 11) is -8.05. The van der Waals surface area contributed by atoms with E-state index in [-0.39, 0.29) is 35.2 Å². The third-order valence-corrected chi connectivity index (χ3v) is 12.2. The first-order valence-corrected chi connectivity index (χ1v) is 19.5. The van der Waals surface area contributed by atoms with Gasteiger partial charge in [0.15, 0.2) is 0 Å². The van der Waals surface area contributed by atoms with Crippen LogP contribution in [0.25, 0.3) is 0 Å². The number of nitrogens with one attached hydrogen (secondary N) is 1. The van der Waals surface area contributed by atoms with E-state index in [4.69, 9.17) is 39.2 Å². The van der Waals surface area contributed by atoms with E-state index in [9.17, 15) is 21.6 Å². The van der Waals surface area contributed by atoms with Gasteiger partial charge in [0.1, 0.15) is 11.5 Å². The number of amides is 1. The number of nitrogens with zero attached hydrogens (tertiary/aromatic N) is 3. The van der Waals surface area contributed by atoms with Crippen molar-refractivity contribution in [1.29, 1.82) is 0 Å². The van der Waals surface area contributed by atoms with Gasteiger partial charge in [-0.2, -0.15) is 13.7 Å². The Balaban J connectivity index is 1.28. The van der Waals surface area contributed by atoms with Crippen molar-refractivity contribution in [3.8, 4) is 0 Å². The molecule has 15 heteroatoms. The molecule has 51 heavy (non-hydrogen) atoms. The lowest BCUT2D eigenvalue weighted by molar-refractivity contribution is -0.121. The van der Waals surface area contributed by atoms with E-state index >= 15 is 0 Å². The molecule has 0 aliphatic rings. The number of aryl methyl sites for hydroxylation is 1. The maximum atomic E-state index is 13.8. The van der Waals surface area contributed by atoms with Crippen LogP contribution in [0.1, 0.15) is 28.2 Å². The van der Waals surface area contributed by atoms with Gasteiger partial charge in [0.05, 0.1) is 29.1 Å². The Morgan fingerprint density at radius 3 is 2.06 bits per heavy atom. The Hall–Kier alpha value is -4.01. The molecule has 0 atom stereocenters. The van der Waals surface area contributed by atoms with Gasteiger partial charge in [-0.3, -0.25) is 4.79 Å². The van der Waals surface area contributed by atoms with Crippen LogP contribution in [0.15, 0.2) is 129 Å². The highest BCUT2D eigenvalue weighted by Gasteiger charge is 2.28. The van der Waals surface area contributed by atoms with Gasteiger partial charge < -0.3 is 4.42 Å². The molecule has 5 aromatic rings. The van der Waals surface area contributed by atoms with Crippen LogP contribution >= 0.6 is 34.8 Å². The van der Waals surface area contributed by atoms with E-state index in [1.807, 2.05) is 37.3 Å². The normalized spacial score (nSPS) is 12.2. The minimum atomic E-state index is -4.06. The maximum absolute atomic E-state index is 13.8. The second kappa shape index (κ2) is 17.0. The standard InChI is InChI=1S/C36H33Cl3N4O6S2/c1-26-7-15-33(16-8-26)51(47,48)43(23-28-9-10-30(38)21-35(28)39)24-32-14-13-31(49-32)22-40-41-36(44)25-42(20-19-27-5-3-2-4-6-27)50(45,46)34-17-11-29(37)12-18-34/h2-18,21-22H,19-20,23-25H2,1H3,(H,41,44)/b40-22-. The van der Waals surface area contributed by atoms with Crippen LogP contribution in [0.4, 0.5) is 0 Å². The van der Waals surface area contributed by atoms with Crippen molar-refractivity contribution in [2.24, 2.45) is 5.10 Å². The lowest BCUT2D eigenvalue weighted by Gasteiger charge is -2.22. The molecule has 0 radical (unpaired) electrons. The fraction of sp³-hybridized carbons (Fsp3) is 0.167. The van der Waals surface area contributed by atoms with Crippen LogP contribution in [0.5, 0.6) is 0 Å². The molecule has 4 aromatic carbocycles. The highest BCUT2D eigenvalue weighted by Crippen LogP contribution is 2.27. The molecule has 0 bridgehead atoms. The van der Waals surface area contributed by atoms with Gasteiger partial charge >= 0.3 is 0 Å². The second-order valence-corrected chi connectivity index (χ2v) is 16.6. The number of hydrogen-bond acceptors (Lipinski definition) is 7. The van der Waals surface area contributed by atoms with E-state index in [0.717, 1.165) is 15.4 Å². The molecule has 0 unspecified atom stereocenters. The first kappa shape index (κ1) is 38.2. The highest BCUT2D eigenvalue weighted by molar-refractivity contribution is 7.89. The number of hydrogen-bond donors (Lipinski definition) is 1. The van der Waals surface area contributed by atoms with Gasteiger partial charge in [-0.25, -0.2) is 22.3 Å². The third-order valence-electron chi connectivity index (χ3n) is 7.68. The third kappa shape index (κ3) is 10.3. The lowest BCUT2D eigenvalue weighted by atomic mass is 10.1. The van der Waals surface area contributed by atoms with Crippen molar-refractivity contribution in [2.75, 3.05) is 13.1 Å². The number of furan rings is 1. The van der Waals surface area contributed by atoms with Crippen LogP contribution in [-0.2, 0) is 44.4 Å². The number of hydrazone groups is 1. The van der Waals surface area contributed by atoms with E-state index in [0.29, 0.717) is 32.8 Å². The fourth-order valence-electron chi connectivity index (χ4n) is 4.95. The Morgan fingerprint density at radius 1 is 0.765 bits per heavy atom. The maximum Gasteiger partial charge on any atom is 0.255 e. The highest BCUT2D eigenvalue weighted by atomic mass is 35.5. The van der Waals surface area contributed by atoms with E-state index in [1.165, 1.54) is 46.9 Å². The molecule has 266 valence electrons. The van der Waals surface area contributed by atoms with Crippen LogP contribution in [0.2, 0.25) is 15.1 Å². The lowest BCUT2D eigenvalue weighted by Crippen LogP contribution is -2.40. The van der Waals surface area contributed by atoms with Gasteiger partial charge in [0, 0.05) is 28.2 Å². The molecule has 0 spiro atoms. The predicted octanol–water partition coefficient (Wildman–Crippen LogP) is 7.32. The summed E-state index contributed by atoms with van der Waals surface area (Å²) in [5.41, 5.74) is 4.71. The molecule has 1 heterocycles. The summed E-state index contributed by atoms with van der Waals surface area (Å²) in [4.78, 5) is 13.0. The zero-order chi connectivity index (χ0) is 36.6. The molecular formula is C36H33Cl3N4O6S2. The van der Waals surface area contributed by atoms with Gasteiger partial charge in [-0.15, -0.1) is 0 Å². The Morgan fingerprint density at radius 2 is 1.39 bits per heavy atom. The van der Waals surface area contributed by atoms with Crippen molar-refractivity contribution in [3.05, 3.63) is 152 Å². The second-order valence-electron chi connectivity index (χ2n) is 11.4. The van der Waals surface area contributed by atoms with Crippen molar-refractivity contribution in [1.82, 2.24) is 14.0 Å². The zero-order valence-electron chi connectivity index (χ0n) is 27.2. The van der Waals surface area contributed by atoms with Crippen LogP contribution in [0, 0.1) is 6.92 Å². The Labute approximate surface area is 312 Å². The fourth-order valence-corrected chi connectivity index (χ4v) is 8.33. The molecule has 1 amide bonds. The molecule has 1 aromatic heterocycles. The van der Waals surface area contributed by atoms with Crippen molar-refractivity contribution in [3.63, 3.8) is 0 Å². The van der Waals surface area contributed by atoms with Crippen molar-refractivity contribution >= 4 is 67.0 Å². The number of halogens is 3. The zero-order valence-corrected chi connectivity index (χ0v) is 31.1. The number of carbonyl (C=O) groups is 1. The minimum Gasteiger partial charge on any atom is -0.459 e. The molecule has 10 nitrogen and oxygen atoms in total. The Bertz CT molecular complexity index is 2210. The quantitative estimate of drug-likeness (QED) is 0.0875.